The lowest BCUT2D eigenvalue weighted by Gasteiger charge is -2.04. The molecule has 4 heteroatoms. The molecule has 1 N–H and O–H groups in total. The third-order valence-electron chi connectivity index (χ3n) is 2.25. The van der Waals surface area contributed by atoms with Gasteiger partial charge in [0.2, 0.25) is 0 Å². The van der Waals surface area contributed by atoms with Crippen LogP contribution in [0.25, 0.3) is 0 Å². The van der Waals surface area contributed by atoms with Crippen molar-refractivity contribution in [2.24, 2.45) is 0 Å². The lowest BCUT2D eigenvalue weighted by atomic mass is 10.1. The third-order valence-corrected chi connectivity index (χ3v) is 2.25. The van der Waals surface area contributed by atoms with Gasteiger partial charge in [0.15, 0.2) is 0 Å². The minimum atomic E-state index is -0.851. The predicted octanol–water partition coefficient (Wildman–Crippen LogP) is 2.70. The fourth-order valence-corrected chi connectivity index (χ4v) is 1.34. The second kappa shape index (κ2) is 8.56. The van der Waals surface area contributed by atoms with E-state index in [0.29, 0.717) is 18.4 Å². The summed E-state index contributed by atoms with van der Waals surface area (Å²) in [7, 11) is 1.33. The first kappa shape index (κ1) is 15.4. The molecule has 4 nitrogen and oxygen atoms in total. The highest BCUT2D eigenvalue weighted by molar-refractivity contribution is 5.88. The number of carbonyl (C=O) groups excluding carboxylic acids is 1. The molecular weight excluding hydrogens is 220 g/mol. The van der Waals surface area contributed by atoms with Crippen molar-refractivity contribution in [3.05, 3.63) is 23.8 Å². The minimum Gasteiger partial charge on any atom is -0.481 e. The molecule has 0 fully saturated rings. The Labute approximate surface area is 102 Å². The van der Waals surface area contributed by atoms with Gasteiger partial charge in [-0.15, -0.1) is 6.58 Å². The maximum atomic E-state index is 11.4. The molecule has 0 aliphatic rings. The van der Waals surface area contributed by atoms with E-state index in [-0.39, 0.29) is 12.4 Å². The van der Waals surface area contributed by atoms with E-state index < -0.39 is 5.97 Å². The van der Waals surface area contributed by atoms with Crippen molar-refractivity contribution in [2.45, 2.75) is 39.0 Å². The number of esters is 1. The van der Waals surface area contributed by atoms with Crippen LogP contribution in [0.1, 0.15) is 39.0 Å². The van der Waals surface area contributed by atoms with E-state index >= 15 is 0 Å². The molecule has 0 atom stereocenters. The topological polar surface area (TPSA) is 63.6 Å². The zero-order chi connectivity index (χ0) is 13.3. The van der Waals surface area contributed by atoms with E-state index in [1.165, 1.54) is 7.11 Å². The van der Waals surface area contributed by atoms with E-state index in [1.54, 1.807) is 0 Å². The largest absolute Gasteiger partial charge is 0.481 e. The number of hydrogen-bond donors (Lipinski definition) is 1. The summed E-state index contributed by atoms with van der Waals surface area (Å²) in [5.74, 6) is -1.23. The fraction of sp³-hybridized carbons (Fsp3) is 0.538. The Morgan fingerprint density at radius 1 is 1.29 bits per heavy atom. The van der Waals surface area contributed by atoms with E-state index in [0.717, 1.165) is 18.4 Å². The molecule has 0 rings (SSSR count). The molecule has 0 aromatic heterocycles. The van der Waals surface area contributed by atoms with Gasteiger partial charge in [-0.25, -0.2) is 4.79 Å². The first-order chi connectivity index (χ1) is 7.97. The quantitative estimate of drug-likeness (QED) is 0.402. The van der Waals surface area contributed by atoms with Crippen molar-refractivity contribution in [1.29, 1.82) is 0 Å². The van der Waals surface area contributed by atoms with Crippen LogP contribution in [0.5, 0.6) is 0 Å². The summed E-state index contributed by atoms with van der Waals surface area (Å²) in [6.45, 7) is 5.71. The molecule has 0 radical (unpaired) electrons. The standard InChI is InChI=1S/C13H20O4/c1-10(2)6-4-7-11(13(16)17-3)8-5-9-12(14)15/h7H,1,4-6,8-9H2,2-3H3,(H,14,15)/b11-7+. The van der Waals surface area contributed by atoms with E-state index in [9.17, 15) is 9.59 Å². The van der Waals surface area contributed by atoms with Crippen LogP contribution < -0.4 is 0 Å². The van der Waals surface area contributed by atoms with E-state index in [1.807, 2.05) is 13.0 Å². The molecule has 0 bridgehead atoms. The number of ether oxygens (including phenoxy) is 1. The van der Waals surface area contributed by atoms with Gasteiger partial charge < -0.3 is 9.84 Å². The molecule has 0 heterocycles. The Bertz CT molecular complexity index is 315. The molecular formula is C13H20O4. The van der Waals surface area contributed by atoms with Crippen molar-refractivity contribution >= 4 is 11.9 Å². The molecule has 0 spiro atoms. The summed E-state index contributed by atoms with van der Waals surface area (Å²) < 4.78 is 4.65. The molecule has 17 heavy (non-hydrogen) atoms. The number of aliphatic carboxylic acids is 1. The van der Waals surface area contributed by atoms with Crippen molar-refractivity contribution < 1.29 is 19.4 Å². The Morgan fingerprint density at radius 2 is 1.94 bits per heavy atom. The van der Waals surface area contributed by atoms with Gasteiger partial charge in [-0.05, 0) is 32.6 Å². The van der Waals surface area contributed by atoms with Gasteiger partial charge in [0.05, 0.1) is 7.11 Å². The zero-order valence-corrected chi connectivity index (χ0v) is 10.5. The van der Waals surface area contributed by atoms with Crippen LogP contribution >= 0.6 is 0 Å². The van der Waals surface area contributed by atoms with Crippen LogP contribution in [0.4, 0.5) is 0 Å². The third kappa shape index (κ3) is 8.25. The molecule has 0 aliphatic heterocycles. The van der Waals surface area contributed by atoms with Crippen LogP contribution in [0, 0.1) is 0 Å². The lowest BCUT2D eigenvalue weighted by molar-refractivity contribution is -0.138. The second-order valence-corrected chi connectivity index (χ2v) is 3.96. The average Bonchev–Trinajstić information content (AvgIpc) is 2.25. The molecule has 0 amide bonds. The first-order valence-electron chi connectivity index (χ1n) is 5.61. The normalized spacial score (nSPS) is 11.1. The second-order valence-electron chi connectivity index (χ2n) is 3.96. The molecule has 0 saturated carbocycles. The number of hydrogen-bond acceptors (Lipinski definition) is 3. The highest BCUT2D eigenvalue weighted by atomic mass is 16.5. The van der Waals surface area contributed by atoms with Crippen molar-refractivity contribution in [3.8, 4) is 0 Å². The number of carbonyl (C=O) groups is 2. The average molecular weight is 240 g/mol. The summed E-state index contributed by atoms with van der Waals surface area (Å²) in [6.07, 6.45) is 4.31. The number of methoxy groups -OCH3 is 1. The summed E-state index contributed by atoms with van der Waals surface area (Å²) in [4.78, 5) is 21.8. The molecule has 96 valence electrons. The van der Waals surface area contributed by atoms with Crippen molar-refractivity contribution in [1.82, 2.24) is 0 Å². The highest BCUT2D eigenvalue weighted by Crippen LogP contribution is 2.12. The fourth-order valence-electron chi connectivity index (χ4n) is 1.34. The maximum absolute atomic E-state index is 11.4. The van der Waals surface area contributed by atoms with Gasteiger partial charge in [0.25, 0.3) is 0 Å². The minimum absolute atomic E-state index is 0.0643. The van der Waals surface area contributed by atoms with Crippen LogP contribution in [0.15, 0.2) is 23.8 Å². The van der Waals surface area contributed by atoms with E-state index in [2.05, 4.69) is 11.3 Å². The van der Waals surface area contributed by atoms with Gasteiger partial charge in [0, 0.05) is 12.0 Å². The Balaban J connectivity index is 4.27. The first-order valence-corrected chi connectivity index (χ1v) is 5.61. The monoisotopic (exact) mass is 240 g/mol. The predicted molar refractivity (Wildman–Crippen MR) is 65.6 cm³/mol. The Kier molecular flexibility index (Phi) is 7.76. The summed E-state index contributed by atoms with van der Waals surface area (Å²) >= 11 is 0. The van der Waals surface area contributed by atoms with Gasteiger partial charge >= 0.3 is 11.9 Å². The Morgan fingerprint density at radius 3 is 2.41 bits per heavy atom. The molecule has 0 aliphatic carbocycles. The summed E-state index contributed by atoms with van der Waals surface area (Å²) in [6, 6.07) is 0. The highest BCUT2D eigenvalue weighted by Gasteiger charge is 2.09. The van der Waals surface area contributed by atoms with Gasteiger partial charge in [-0.3, -0.25) is 4.79 Å². The number of carboxylic acid groups (broad SMARTS) is 1. The number of carboxylic acids is 1. The van der Waals surface area contributed by atoms with Crippen molar-refractivity contribution in [2.75, 3.05) is 7.11 Å². The van der Waals surface area contributed by atoms with Crippen molar-refractivity contribution in [3.63, 3.8) is 0 Å². The lowest BCUT2D eigenvalue weighted by Crippen LogP contribution is -2.06. The molecule has 0 saturated heterocycles. The van der Waals surface area contributed by atoms with Gasteiger partial charge in [0.1, 0.15) is 0 Å². The van der Waals surface area contributed by atoms with Crippen LogP contribution in [-0.2, 0) is 14.3 Å². The maximum Gasteiger partial charge on any atom is 0.333 e. The number of rotatable bonds is 8. The van der Waals surface area contributed by atoms with Gasteiger partial charge in [-0.2, -0.15) is 0 Å². The van der Waals surface area contributed by atoms with Gasteiger partial charge in [-0.1, -0.05) is 11.6 Å². The van der Waals surface area contributed by atoms with Crippen LogP contribution in [0.3, 0.4) is 0 Å². The number of allylic oxidation sites excluding steroid dienone is 2. The smallest absolute Gasteiger partial charge is 0.333 e. The molecule has 0 aromatic rings. The summed E-state index contributed by atoms with van der Waals surface area (Å²) in [5.41, 5.74) is 1.60. The van der Waals surface area contributed by atoms with Crippen LogP contribution in [0.2, 0.25) is 0 Å². The summed E-state index contributed by atoms with van der Waals surface area (Å²) in [5, 5.41) is 8.52. The zero-order valence-electron chi connectivity index (χ0n) is 10.5. The Hall–Kier alpha value is -1.58. The van der Waals surface area contributed by atoms with E-state index in [4.69, 9.17) is 5.11 Å². The molecule has 0 aromatic carbocycles. The molecule has 0 unspecified atom stereocenters. The SMILES string of the molecule is C=C(C)CC/C=C(\CCCC(=O)O)C(=O)OC. The van der Waals surface area contributed by atoms with Crippen LogP contribution in [-0.4, -0.2) is 24.2 Å².